The summed E-state index contributed by atoms with van der Waals surface area (Å²) in [6.07, 6.45) is -0.333. The van der Waals surface area contributed by atoms with Gasteiger partial charge in [0.1, 0.15) is 0 Å². The highest BCUT2D eigenvalue weighted by Crippen LogP contribution is 2.01. The van der Waals surface area contributed by atoms with Crippen molar-refractivity contribution in [1.29, 1.82) is 0 Å². The van der Waals surface area contributed by atoms with Gasteiger partial charge in [0, 0.05) is 6.54 Å². The van der Waals surface area contributed by atoms with E-state index in [1.54, 1.807) is 6.92 Å². The molecular weight excluding hydrogens is 106 g/mol. The van der Waals surface area contributed by atoms with E-state index in [1.807, 2.05) is 0 Å². The molecule has 3 nitrogen and oxygen atoms in total. The minimum absolute atomic E-state index is 0.00926. The Labute approximate surface area is 48.7 Å². The SMILES string of the molecule is CC(O)C1CNCO1. The molecule has 1 aliphatic heterocycles. The van der Waals surface area contributed by atoms with Gasteiger partial charge in [0.2, 0.25) is 0 Å². The van der Waals surface area contributed by atoms with Crippen molar-refractivity contribution < 1.29 is 9.84 Å². The number of hydrogen-bond acceptors (Lipinski definition) is 3. The fourth-order valence-electron chi connectivity index (χ4n) is 0.736. The molecule has 0 aromatic rings. The molecule has 48 valence electrons. The maximum atomic E-state index is 8.89. The van der Waals surface area contributed by atoms with Crippen LogP contribution in [0, 0.1) is 0 Å². The fraction of sp³-hybridized carbons (Fsp3) is 1.00. The van der Waals surface area contributed by atoms with E-state index in [0.29, 0.717) is 6.73 Å². The van der Waals surface area contributed by atoms with Gasteiger partial charge in [0.05, 0.1) is 18.9 Å². The van der Waals surface area contributed by atoms with Crippen LogP contribution in [0.3, 0.4) is 0 Å². The summed E-state index contributed by atoms with van der Waals surface area (Å²) in [4.78, 5) is 0. The Bertz CT molecular complexity index is 68.8. The lowest BCUT2D eigenvalue weighted by Gasteiger charge is -2.09. The molecule has 1 fully saturated rings. The first-order chi connectivity index (χ1) is 3.80. The average molecular weight is 117 g/mol. The molecule has 3 heteroatoms. The van der Waals surface area contributed by atoms with Gasteiger partial charge in [-0.1, -0.05) is 0 Å². The molecule has 0 bridgehead atoms. The van der Waals surface area contributed by atoms with Crippen LogP contribution in [0.15, 0.2) is 0 Å². The third-order valence-electron chi connectivity index (χ3n) is 1.28. The van der Waals surface area contributed by atoms with E-state index < -0.39 is 0 Å². The van der Waals surface area contributed by atoms with Crippen molar-refractivity contribution in [1.82, 2.24) is 5.32 Å². The Morgan fingerprint density at radius 2 is 2.62 bits per heavy atom. The zero-order chi connectivity index (χ0) is 5.98. The standard InChI is InChI=1S/C5H11NO2/c1-4(7)5-2-6-3-8-5/h4-7H,2-3H2,1H3. The topological polar surface area (TPSA) is 41.5 Å². The van der Waals surface area contributed by atoms with Gasteiger partial charge in [0.25, 0.3) is 0 Å². The molecule has 8 heavy (non-hydrogen) atoms. The molecule has 0 aliphatic carbocycles. The first-order valence-electron chi connectivity index (χ1n) is 2.81. The summed E-state index contributed by atoms with van der Waals surface area (Å²) in [5, 5.41) is 11.9. The van der Waals surface area contributed by atoms with Crippen molar-refractivity contribution >= 4 is 0 Å². The van der Waals surface area contributed by atoms with Crippen molar-refractivity contribution in [3.8, 4) is 0 Å². The molecule has 2 unspecified atom stereocenters. The Morgan fingerprint density at radius 1 is 1.88 bits per heavy atom. The van der Waals surface area contributed by atoms with Gasteiger partial charge in [-0.2, -0.15) is 0 Å². The zero-order valence-electron chi connectivity index (χ0n) is 4.92. The summed E-state index contributed by atoms with van der Waals surface area (Å²) in [5.74, 6) is 0. The summed E-state index contributed by atoms with van der Waals surface area (Å²) in [6, 6.07) is 0. The molecule has 0 aromatic carbocycles. The minimum atomic E-state index is -0.343. The van der Waals surface area contributed by atoms with Crippen LogP contribution in [-0.4, -0.2) is 30.6 Å². The summed E-state index contributed by atoms with van der Waals surface area (Å²) < 4.78 is 5.05. The lowest BCUT2D eigenvalue weighted by atomic mass is 10.2. The molecule has 1 rings (SSSR count). The highest BCUT2D eigenvalue weighted by molar-refractivity contribution is 4.70. The van der Waals surface area contributed by atoms with Crippen LogP contribution < -0.4 is 5.32 Å². The van der Waals surface area contributed by atoms with Gasteiger partial charge >= 0.3 is 0 Å². The Balaban J connectivity index is 2.24. The van der Waals surface area contributed by atoms with E-state index in [4.69, 9.17) is 9.84 Å². The van der Waals surface area contributed by atoms with E-state index >= 15 is 0 Å². The van der Waals surface area contributed by atoms with Crippen molar-refractivity contribution in [3.05, 3.63) is 0 Å². The van der Waals surface area contributed by atoms with Crippen molar-refractivity contribution in [3.63, 3.8) is 0 Å². The normalized spacial score (nSPS) is 33.0. The second-order valence-corrected chi connectivity index (χ2v) is 2.04. The zero-order valence-corrected chi connectivity index (χ0v) is 4.92. The average Bonchev–Trinajstić information content (AvgIpc) is 2.12. The van der Waals surface area contributed by atoms with Crippen LogP contribution in [-0.2, 0) is 4.74 Å². The van der Waals surface area contributed by atoms with Gasteiger partial charge in [0.15, 0.2) is 0 Å². The predicted molar refractivity (Wildman–Crippen MR) is 29.4 cm³/mol. The number of ether oxygens (including phenoxy) is 1. The molecule has 0 amide bonds. The molecule has 1 saturated heterocycles. The summed E-state index contributed by atoms with van der Waals surface area (Å²) in [6.45, 7) is 3.09. The molecule has 0 radical (unpaired) electrons. The molecule has 2 atom stereocenters. The van der Waals surface area contributed by atoms with Crippen LogP contribution in [0.25, 0.3) is 0 Å². The molecule has 0 spiro atoms. The second-order valence-electron chi connectivity index (χ2n) is 2.04. The maximum Gasteiger partial charge on any atom is 0.0973 e. The maximum absolute atomic E-state index is 8.89. The summed E-state index contributed by atoms with van der Waals surface area (Å²) in [7, 11) is 0. The van der Waals surface area contributed by atoms with E-state index in [-0.39, 0.29) is 12.2 Å². The van der Waals surface area contributed by atoms with Crippen LogP contribution in [0.2, 0.25) is 0 Å². The van der Waals surface area contributed by atoms with Crippen molar-refractivity contribution in [2.75, 3.05) is 13.3 Å². The van der Waals surface area contributed by atoms with E-state index in [1.165, 1.54) is 0 Å². The Hall–Kier alpha value is -0.120. The highest BCUT2D eigenvalue weighted by atomic mass is 16.5. The number of rotatable bonds is 1. The third kappa shape index (κ3) is 1.18. The first kappa shape index (κ1) is 6.01. The van der Waals surface area contributed by atoms with Crippen LogP contribution in [0.1, 0.15) is 6.92 Å². The van der Waals surface area contributed by atoms with Gasteiger partial charge in [-0.05, 0) is 6.92 Å². The largest absolute Gasteiger partial charge is 0.391 e. The highest BCUT2D eigenvalue weighted by Gasteiger charge is 2.19. The van der Waals surface area contributed by atoms with Crippen LogP contribution >= 0.6 is 0 Å². The summed E-state index contributed by atoms with van der Waals surface area (Å²) in [5.41, 5.74) is 0. The van der Waals surface area contributed by atoms with Gasteiger partial charge in [-0.3, -0.25) is 5.32 Å². The Kier molecular flexibility index (Phi) is 1.83. The van der Waals surface area contributed by atoms with E-state index in [2.05, 4.69) is 5.32 Å². The van der Waals surface area contributed by atoms with Gasteiger partial charge in [-0.15, -0.1) is 0 Å². The molecule has 1 heterocycles. The number of aliphatic hydroxyl groups is 1. The number of nitrogens with one attached hydrogen (secondary N) is 1. The fourth-order valence-corrected chi connectivity index (χ4v) is 0.736. The Morgan fingerprint density at radius 3 is 2.88 bits per heavy atom. The lowest BCUT2D eigenvalue weighted by molar-refractivity contribution is 0.0132. The van der Waals surface area contributed by atoms with Crippen molar-refractivity contribution in [2.24, 2.45) is 0 Å². The smallest absolute Gasteiger partial charge is 0.0973 e. The van der Waals surface area contributed by atoms with Crippen LogP contribution in [0.4, 0.5) is 0 Å². The monoisotopic (exact) mass is 117 g/mol. The molecule has 2 N–H and O–H groups in total. The lowest BCUT2D eigenvalue weighted by Crippen LogP contribution is -2.26. The quantitative estimate of drug-likeness (QED) is 0.478. The molecule has 0 aromatic heterocycles. The molecule has 1 aliphatic rings. The molecular formula is C5H11NO2. The van der Waals surface area contributed by atoms with E-state index in [9.17, 15) is 0 Å². The predicted octanol–water partition coefficient (Wildman–Crippen LogP) is -0.687. The van der Waals surface area contributed by atoms with Gasteiger partial charge in [-0.25, -0.2) is 0 Å². The van der Waals surface area contributed by atoms with Gasteiger partial charge < -0.3 is 9.84 Å². The minimum Gasteiger partial charge on any atom is -0.391 e. The first-order valence-corrected chi connectivity index (χ1v) is 2.81. The third-order valence-corrected chi connectivity index (χ3v) is 1.28. The number of hydrogen-bond donors (Lipinski definition) is 2. The molecule has 0 saturated carbocycles. The van der Waals surface area contributed by atoms with Crippen molar-refractivity contribution in [2.45, 2.75) is 19.1 Å². The number of aliphatic hydroxyl groups excluding tert-OH is 1. The van der Waals surface area contributed by atoms with Crippen LogP contribution in [0.5, 0.6) is 0 Å². The van der Waals surface area contributed by atoms with E-state index in [0.717, 1.165) is 6.54 Å². The summed E-state index contributed by atoms with van der Waals surface area (Å²) >= 11 is 0. The second kappa shape index (κ2) is 2.44.